The molecule has 2 aromatic carbocycles. The third-order valence-electron chi connectivity index (χ3n) is 4.60. The number of rotatable bonds is 4. The molecule has 2 aromatic rings. The maximum atomic E-state index is 12.8. The molecule has 150 valence electrons. The molecule has 28 heavy (non-hydrogen) atoms. The maximum absolute atomic E-state index is 12.8. The second-order valence-corrected chi connectivity index (χ2v) is 8.53. The summed E-state index contributed by atoms with van der Waals surface area (Å²) in [4.78, 5) is 12.5. The van der Waals surface area contributed by atoms with Crippen molar-refractivity contribution in [3.63, 3.8) is 0 Å². The first kappa shape index (κ1) is 20.3. The number of halogens is 3. The number of amides is 1. The highest BCUT2D eigenvalue weighted by Crippen LogP contribution is 2.30. The summed E-state index contributed by atoms with van der Waals surface area (Å²) in [5.74, 6) is -0.599. The van der Waals surface area contributed by atoms with E-state index in [1.807, 2.05) is 0 Å². The van der Waals surface area contributed by atoms with Crippen LogP contribution in [0, 0.1) is 6.92 Å². The molecule has 1 N–H and O–H groups in total. The predicted molar refractivity (Wildman–Crippen MR) is 98.6 cm³/mol. The zero-order valence-electron chi connectivity index (χ0n) is 15.1. The van der Waals surface area contributed by atoms with E-state index in [4.69, 9.17) is 0 Å². The van der Waals surface area contributed by atoms with Crippen LogP contribution in [0.1, 0.15) is 34.3 Å². The van der Waals surface area contributed by atoms with Crippen LogP contribution in [0.15, 0.2) is 47.4 Å². The van der Waals surface area contributed by atoms with Gasteiger partial charge >= 0.3 is 6.18 Å². The minimum Gasteiger partial charge on any atom is -0.322 e. The van der Waals surface area contributed by atoms with Gasteiger partial charge in [-0.05, 0) is 61.7 Å². The smallest absolute Gasteiger partial charge is 0.322 e. The summed E-state index contributed by atoms with van der Waals surface area (Å²) in [7, 11) is -3.69. The quantitative estimate of drug-likeness (QED) is 0.824. The van der Waals surface area contributed by atoms with Crippen LogP contribution in [0.5, 0.6) is 0 Å². The van der Waals surface area contributed by atoms with Gasteiger partial charge in [-0.1, -0.05) is 6.07 Å². The van der Waals surface area contributed by atoms with Gasteiger partial charge in [0.15, 0.2) is 0 Å². The Labute approximate surface area is 161 Å². The molecule has 0 spiro atoms. The summed E-state index contributed by atoms with van der Waals surface area (Å²) in [5.41, 5.74) is 0.00334. The second kappa shape index (κ2) is 7.56. The summed E-state index contributed by atoms with van der Waals surface area (Å²) >= 11 is 0. The summed E-state index contributed by atoms with van der Waals surface area (Å²) in [5, 5.41) is 2.49. The lowest BCUT2D eigenvalue weighted by atomic mass is 10.1. The fourth-order valence-electron chi connectivity index (χ4n) is 3.03. The molecule has 1 saturated heterocycles. The lowest BCUT2D eigenvalue weighted by molar-refractivity contribution is -0.137. The van der Waals surface area contributed by atoms with Crippen molar-refractivity contribution in [3.8, 4) is 0 Å². The van der Waals surface area contributed by atoms with Gasteiger partial charge < -0.3 is 5.32 Å². The molecule has 1 aliphatic heterocycles. The third kappa shape index (κ3) is 4.20. The van der Waals surface area contributed by atoms with Gasteiger partial charge in [-0.25, -0.2) is 8.42 Å². The van der Waals surface area contributed by atoms with Crippen molar-refractivity contribution in [1.29, 1.82) is 0 Å². The van der Waals surface area contributed by atoms with Gasteiger partial charge in [0.1, 0.15) is 0 Å². The SMILES string of the molecule is Cc1ccc(C(=O)Nc2ccc(C(F)(F)F)cc2)cc1S(=O)(=O)N1CCCC1. The Balaban J connectivity index is 1.83. The Kier molecular flexibility index (Phi) is 5.49. The predicted octanol–water partition coefficient (Wildman–Crippen LogP) is 4.05. The first-order chi connectivity index (χ1) is 13.1. The number of nitrogens with zero attached hydrogens (tertiary/aromatic N) is 1. The average molecular weight is 412 g/mol. The van der Waals surface area contributed by atoms with Gasteiger partial charge in [-0.2, -0.15) is 17.5 Å². The van der Waals surface area contributed by atoms with E-state index >= 15 is 0 Å². The largest absolute Gasteiger partial charge is 0.416 e. The molecule has 1 aliphatic rings. The van der Waals surface area contributed by atoms with Gasteiger partial charge in [0.25, 0.3) is 5.91 Å². The van der Waals surface area contributed by atoms with E-state index in [1.165, 1.54) is 16.4 Å². The molecule has 0 radical (unpaired) electrons. The lowest BCUT2D eigenvalue weighted by Gasteiger charge is -2.18. The van der Waals surface area contributed by atoms with E-state index in [9.17, 15) is 26.4 Å². The minimum absolute atomic E-state index is 0.0643. The molecule has 0 bridgehead atoms. The number of nitrogens with one attached hydrogen (secondary N) is 1. The Morgan fingerprint density at radius 3 is 2.21 bits per heavy atom. The highest BCUT2D eigenvalue weighted by atomic mass is 32.2. The third-order valence-corrected chi connectivity index (χ3v) is 6.64. The number of anilines is 1. The fraction of sp³-hybridized carbons (Fsp3) is 0.316. The molecule has 1 amide bonds. The maximum Gasteiger partial charge on any atom is 0.416 e. The molecule has 0 saturated carbocycles. The van der Waals surface area contributed by atoms with Crippen molar-refractivity contribution in [3.05, 3.63) is 59.2 Å². The minimum atomic E-state index is -4.46. The molecule has 1 fully saturated rings. The Hall–Kier alpha value is -2.39. The molecule has 0 aromatic heterocycles. The van der Waals surface area contributed by atoms with Gasteiger partial charge in [-0.3, -0.25) is 4.79 Å². The van der Waals surface area contributed by atoms with Crippen molar-refractivity contribution in [2.75, 3.05) is 18.4 Å². The summed E-state index contributed by atoms with van der Waals surface area (Å²) in [6, 6.07) is 8.38. The molecule has 0 aliphatic carbocycles. The molecule has 0 atom stereocenters. The number of hydrogen-bond acceptors (Lipinski definition) is 3. The van der Waals surface area contributed by atoms with Crippen LogP contribution in [-0.2, 0) is 16.2 Å². The molecular weight excluding hydrogens is 393 g/mol. The van der Waals surface area contributed by atoms with Crippen LogP contribution in [0.25, 0.3) is 0 Å². The molecule has 1 heterocycles. The van der Waals surface area contributed by atoms with E-state index in [0.717, 1.165) is 37.1 Å². The zero-order chi connectivity index (χ0) is 20.5. The number of carbonyl (C=O) groups excluding carboxylic acids is 1. The van der Waals surface area contributed by atoms with Crippen molar-refractivity contribution >= 4 is 21.6 Å². The van der Waals surface area contributed by atoms with E-state index < -0.39 is 27.7 Å². The highest BCUT2D eigenvalue weighted by Gasteiger charge is 2.30. The monoisotopic (exact) mass is 412 g/mol. The number of carbonyl (C=O) groups is 1. The number of alkyl halides is 3. The van der Waals surface area contributed by atoms with E-state index in [-0.39, 0.29) is 16.1 Å². The van der Waals surface area contributed by atoms with Crippen LogP contribution < -0.4 is 5.32 Å². The van der Waals surface area contributed by atoms with E-state index in [0.29, 0.717) is 18.7 Å². The Bertz CT molecular complexity index is 980. The lowest BCUT2D eigenvalue weighted by Crippen LogP contribution is -2.28. The van der Waals surface area contributed by atoms with Gasteiger partial charge in [0.2, 0.25) is 10.0 Å². The van der Waals surface area contributed by atoms with Crippen molar-refractivity contribution in [2.24, 2.45) is 0 Å². The van der Waals surface area contributed by atoms with E-state index in [1.54, 1.807) is 13.0 Å². The number of aryl methyl sites for hydroxylation is 1. The van der Waals surface area contributed by atoms with Crippen LogP contribution in [0.3, 0.4) is 0 Å². The zero-order valence-corrected chi connectivity index (χ0v) is 15.9. The molecule has 9 heteroatoms. The molecule has 5 nitrogen and oxygen atoms in total. The van der Waals surface area contributed by atoms with Crippen LogP contribution in [0.4, 0.5) is 18.9 Å². The fourth-order valence-corrected chi connectivity index (χ4v) is 4.80. The topological polar surface area (TPSA) is 66.5 Å². The summed E-state index contributed by atoms with van der Waals surface area (Å²) in [6.45, 7) is 2.55. The molecular formula is C19H19F3N2O3S. The van der Waals surface area contributed by atoms with Crippen LogP contribution >= 0.6 is 0 Å². The highest BCUT2D eigenvalue weighted by molar-refractivity contribution is 7.89. The summed E-state index contributed by atoms with van der Waals surface area (Å²) < 4.78 is 64.9. The summed E-state index contributed by atoms with van der Waals surface area (Å²) in [6.07, 6.45) is -2.86. The first-order valence-corrected chi connectivity index (χ1v) is 10.1. The number of hydrogen-bond donors (Lipinski definition) is 1. The van der Waals surface area contributed by atoms with Crippen LogP contribution in [-0.4, -0.2) is 31.7 Å². The standard InChI is InChI=1S/C19H19F3N2O3S/c1-13-4-5-14(12-17(13)28(26,27)24-10-2-3-11-24)18(25)23-16-8-6-15(7-9-16)19(20,21)22/h4-9,12H,2-3,10-11H2,1H3,(H,23,25). The molecule has 0 unspecified atom stereocenters. The van der Waals surface area contributed by atoms with Crippen molar-refractivity contribution < 1.29 is 26.4 Å². The van der Waals surface area contributed by atoms with Gasteiger partial charge in [0, 0.05) is 24.3 Å². The average Bonchev–Trinajstić information content (AvgIpc) is 3.17. The van der Waals surface area contributed by atoms with Crippen molar-refractivity contribution in [1.82, 2.24) is 4.31 Å². The van der Waals surface area contributed by atoms with Crippen molar-refractivity contribution in [2.45, 2.75) is 30.8 Å². The Morgan fingerprint density at radius 2 is 1.64 bits per heavy atom. The van der Waals surface area contributed by atoms with Gasteiger partial charge in [-0.15, -0.1) is 0 Å². The van der Waals surface area contributed by atoms with E-state index in [2.05, 4.69) is 5.32 Å². The normalized spacial score (nSPS) is 15.6. The molecule has 3 rings (SSSR count). The first-order valence-electron chi connectivity index (χ1n) is 8.68. The van der Waals surface area contributed by atoms with Gasteiger partial charge in [0.05, 0.1) is 10.5 Å². The number of sulfonamides is 1. The Morgan fingerprint density at radius 1 is 1.04 bits per heavy atom. The second-order valence-electron chi connectivity index (χ2n) is 6.62. The van der Waals surface area contributed by atoms with Crippen LogP contribution in [0.2, 0.25) is 0 Å². The number of benzene rings is 2.